The lowest BCUT2D eigenvalue weighted by Gasteiger charge is -1.99. The molecule has 1 rings (SSSR count). The second kappa shape index (κ2) is 7.04. The lowest BCUT2D eigenvalue weighted by molar-refractivity contribution is -0.116. The van der Waals surface area contributed by atoms with Crippen molar-refractivity contribution in [2.75, 3.05) is 13.2 Å². The zero-order valence-corrected chi connectivity index (χ0v) is 9.57. The highest BCUT2D eigenvalue weighted by molar-refractivity contribution is 6.30. The number of aliphatic hydroxyl groups excluding tert-OH is 1. The maximum Gasteiger partial charge on any atom is 0.244 e. The molecule has 86 valence electrons. The normalized spacial score (nSPS) is 10.6. The van der Waals surface area contributed by atoms with E-state index in [0.29, 0.717) is 18.0 Å². The van der Waals surface area contributed by atoms with Gasteiger partial charge in [0.25, 0.3) is 0 Å². The Labute approximate surface area is 99.7 Å². The van der Waals surface area contributed by atoms with Gasteiger partial charge in [0.1, 0.15) is 0 Å². The van der Waals surface area contributed by atoms with Crippen LogP contribution in [0.1, 0.15) is 12.0 Å². The largest absolute Gasteiger partial charge is 0.396 e. The van der Waals surface area contributed by atoms with Gasteiger partial charge in [-0.3, -0.25) is 4.79 Å². The van der Waals surface area contributed by atoms with Crippen LogP contribution in [0, 0.1) is 0 Å². The molecule has 0 heterocycles. The van der Waals surface area contributed by atoms with Gasteiger partial charge in [0, 0.05) is 24.3 Å². The molecule has 0 aliphatic carbocycles. The Kier molecular flexibility index (Phi) is 5.61. The zero-order valence-electron chi connectivity index (χ0n) is 8.82. The van der Waals surface area contributed by atoms with Crippen molar-refractivity contribution in [1.82, 2.24) is 5.32 Å². The van der Waals surface area contributed by atoms with Crippen molar-refractivity contribution < 1.29 is 9.90 Å². The summed E-state index contributed by atoms with van der Waals surface area (Å²) in [7, 11) is 0. The van der Waals surface area contributed by atoms with Crippen LogP contribution in [0.15, 0.2) is 30.3 Å². The highest BCUT2D eigenvalue weighted by Crippen LogP contribution is 2.10. The first-order chi connectivity index (χ1) is 7.72. The minimum absolute atomic E-state index is 0.0845. The summed E-state index contributed by atoms with van der Waals surface area (Å²) in [4.78, 5) is 11.3. The van der Waals surface area contributed by atoms with Crippen molar-refractivity contribution in [3.8, 4) is 0 Å². The standard InChI is InChI=1S/C12H14ClNO2/c13-11-5-2-10(3-6-11)4-7-12(16)14-8-1-9-15/h2-7,15H,1,8-9H2,(H,14,16)/b7-4+. The SMILES string of the molecule is O=C(/C=C/c1ccc(Cl)cc1)NCCCO. The monoisotopic (exact) mass is 239 g/mol. The molecule has 1 aromatic carbocycles. The van der Waals surface area contributed by atoms with Crippen molar-refractivity contribution in [3.05, 3.63) is 40.9 Å². The highest BCUT2D eigenvalue weighted by atomic mass is 35.5. The van der Waals surface area contributed by atoms with Crippen molar-refractivity contribution >= 4 is 23.6 Å². The van der Waals surface area contributed by atoms with E-state index in [9.17, 15) is 4.79 Å². The summed E-state index contributed by atoms with van der Waals surface area (Å²) in [5.74, 6) is -0.164. The highest BCUT2D eigenvalue weighted by Gasteiger charge is 1.94. The minimum Gasteiger partial charge on any atom is -0.396 e. The van der Waals surface area contributed by atoms with Crippen LogP contribution in [-0.4, -0.2) is 24.2 Å². The van der Waals surface area contributed by atoms with Gasteiger partial charge in [-0.2, -0.15) is 0 Å². The van der Waals surface area contributed by atoms with Gasteiger partial charge in [0.2, 0.25) is 5.91 Å². The molecule has 0 aliphatic rings. The number of benzene rings is 1. The Bertz CT molecular complexity index is 360. The van der Waals surface area contributed by atoms with Gasteiger partial charge in [0.05, 0.1) is 0 Å². The molecule has 4 heteroatoms. The van der Waals surface area contributed by atoms with E-state index in [1.165, 1.54) is 6.08 Å². The Morgan fingerprint density at radius 3 is 2.69 bits per heavy atom. The van der Waals surface area contributed by atoms with Crippen LogP contribution in [0.2, 0.25) is 5.02 Å². The molecule has 2 N–H and O–H groups in total. The van der Waals surface area contributed by atoms with Gasteiger partial charge < -0.3 is 10.4 Å². The number of hydrogen-bond donors (Lipinski definition) is 2. The number of carbonyl (C=O) groups excluding carboxylic acids is 1. The number of nitrogens with one attached hydrogen (secondary N) is 1. The summed E-state index contributed by atoms with van der Waals surface area (Å²) >= 11 is 5.73. The lowest BCUT2D eigenvalue weighted by atomic mass is 10.2. The lowest BCUT2D eigenvalue weighted by Crippen LogP contribution is -2.22. The van der Waals surface area contributed by atoms with Gasteiger partial charge in [-0.25, -0.2) is 0 Å². The van der Waals surface area contributed by atoms with E-state index in [1.54, 1.807) is 18.2 Å². The van der Waals surface area contributed by atoms with E-state index in [-0.39, 0.29) is 12.5 Å². The molecule has 16 heavy (non-hydrogen) atoms. The van der Waals surface area contributed by atoms with Crippen molar-refractivity contribution in [1.29, 1.82) is 0 Å². The fourth-order valence-electron chi connectivity index (χ4n) is 1.10. The summed E-state index contributed by atoms with van der Waals surface area (Å²) in [6, 6.07) is 7.20. The molecule has 3 nitrogen and oxygen atoms in total. The van der Waals surface area contributed by atoms with Crippen LogP contribution in [0.3, 0.4) is 0 Å². The fourth-order valence-corrected chi connectivity index (χ4v) is 1.22. The molecule has 0 unspecified atom stereocenters. The molecule has 0 saturated heterocycles. The third kappa shape index (κ3) is 4.96. The number of carbonyl (C=O) groups is 1. The van der Waals surface area contributed by atoms with E-state index in [0.717, 1.165) is 5.56 Å². The number of aliphatic hydroxyl groups is 1. The summed E-state index contributed by atoms with van der Waals surface area (Å²) in [5, 5.41) is 11.9. The third-order valence-electron chi connectivity index (χ3n) is 1.93. The maximum absolute atomic E-state index is 11.3. The predicted octanol–water partition coefficient (Wildman–Crippen LogP) is 1.85. The molecular weight excluding hydrogens is 226 g/mol. The van der Waals surface area contributed by atoms with Crippen molar-refractivity contribution in [3.63, 3.8) is 0 Å². The predicted molar refractivity (Wildman–Crippen MR) is 65.2 cm³/mol. The molecule has 0 saturated carbocycles. The Hall–Kier alpha value is -1.32. The van der Waals surface area contributed by atoms with Crippen LogP contribution in [0.25, 0.3) is 6.08 Å². The van der Waals surface area contributed by atoms with Gasteiger partial charge >= 0.3 is 0 Å². The number of halogens is 1. The Morgan fingerprint density at radius 2 is 2.06 bits per heavy atom. The van der Waals surface area contributed by atoms with E-state index in [4.69, 9.17) is 16.7 Å². The van der Waals surface area contributed by atoms with Crippen molar-refractivity contribution in [2.45, 2.75) is 6.42 Å². The summed E-state index contributed by atoms with van der Waals surface area (Å²) in [6.07, 6.45) is 3.74. The summed E-state index contributed by atoms with van der Waals surface area (Å²) in [5.41, 5.74) is 0.918. The molecule has 0 fully saturated rings. The van der Waals surface area contributed by atoms with Crippen molar-refractivity contribution in [2.24, 2.45) is 0 Å². The molecule has 1 aromatic rings. The molecule has 0 atom stereocenters. The van der Waals surface area contributed by atoms with Gasteiger partial charge in [-0.05, 0) is 30.2 Å². The number of hydrogen-bond acceptors (Lipinski definition) is 2. The maximum atomic E-state index is 11.3. The minimum atomic E-state index is -0.164. The quantitative estimate of drug-likeness (QED) is 0.609. The molecule has 0 bridgehead atoms. The van der Waals surface area contributed by atoms with Crippen LogP contribution in [0.4, 0.5) is 0 Å². The first kappa shape index (κ1) is 12.7. The summed E-state index contributed by atoms with van der Waals surface area (Å²) < 4.78 is 0. The van der Waals surface area contributed by atoms with Crippen LogP contribution < -0.4 is 5.32 Å². The van der Waals surface area contributed by atoms with E-state index in [1.807, 2.05) is 12.1 Å². The summed E-state index contributed by atoms with van der Waals surface area (Å²) in [6.45, 7) is 0.571. The second-order valence-corrected chi connectivity index (χ2v) is 3.69. The molecule has 0 spiro atoms. The molecule has 0 aromatic heterocycles. The fraction of sp³-hybridized carbons (Fsp3) is 0.250. The molecule has 0 radical (unpaired) electrons. The van der Waals surface area contributed by atoms with Gasteiger partial charge in [-0.1, -0.05) is 23.7 Å². The number of rotatable bonds is 5. The van der Waals surface area contributed by atoms with Crippen LogP contribution in [0.5, 0.6) is 0 Å². The Balaban J connectivity index is 2.41. The average molecular weight is 240 g/mol. The zero-order chi connectivity index (χ0) is 11.8. The number of amides is 1. The Morgan fingerprint density at radius 1 is 1.38 bits per heavy atom. The first-order valence-corrected chi connectivity index (χ1v) is 5.42. The third-order valence-corrected chi connectivity index (χ3v) is 2.18. The molecular formula is C12H14ClNO2. The van der Waals surface area contributed by atoms with E-state index < -0.39 is 0 Å². The first-order valence-electron chi connectivity index (χ1n) is 5.04. The second-order valence-electron chi connectivity index (χ2n) is 3.25. The van der Waals surface area contributed by atoms with Crippen LogP contribution >= 0.6 is 11.6 Å². The molecule has 1 amide bonds. The van der Waals surface area contributed by atoms with E-state index in [2.05, 4.69) is 5.32 Å². The van der Waals surface area contributed by atoms with Gasteiger partial charge in [0.15, 0.2) is 0 Å². The van der Waals surface area contributed by atoms with Gasteiger partial charge in [-0.15, -0.1) is 0 Å². The van der Waals surface area contributed by atoms with E-state index >= 15 is 0 Å². The topological polar surface area (TPSA) is 49.3 Å². The smallest absolute Gasteiger partial charge is 0.244 e. The van der Waals surface area contributed by atoms with Crippen LogP contribution in [-0.2, 0) is 4.79 Å². The average Bonchev–Trinajstić information content (AvgIpc) is 2.29. The molecule has 0 aliphatic heterocycles.